The summed E-state index contributed by atoms with van der Waals surface area (Å²) >= 11 is 0. The average molecular weight is 1880 g/mol. The standard InChI is InChI=1S/C90H156N24O19/c1-14-17-18-19-20-21-22-23-24-25-32-58(92)78(122)104-63(37-40-69(94)117)82(126)109-66(45-50(6)7)86(130)114-75(55(13)115)89(133)112-72(51(8)9)87(131)110-67(46-56-47-100-59-33-27-26-31-57(56)59)79(123)101-48-71(119)111-74(53(11)16-3)88(132)107-60(34-28-29-42-91)81(125)105-64(38-41-70(95)118)83(127)108-65(44-49(4)5)85(129)106-62(36-39-68(93)116)80(124)102-54(12)77(121)103-61(35-30-43-99-90(97)98)84(128)113-73(76(96)120)52(10)15-2/h26-27,31,33,47,49-55,58,60-67,72-75,100,115H,14-25,28-30,32,34-46,48,91-92H2,1-13H3,(H2,93,116)(H2,94,117)(H2,95,118)(H2,96,120)(H,101,123)(H,102,124)(H,103,121)(H,104,122)(H,105,125)(H,106,129)(H,107,132)(H,108,127)(H,109,126)(H,110,131)(H,111,119)(H,112,133)(H,113,128)(H,114,130)(H4,97,98,99)/t52-,53-,54-,55+,58?,60-,61-,62-,63-,64-,65-,66-,67-,72-,73-,74-,75-/m0/s1. The lowest BCUT2D eigenvalue weighted by atomic mass is 9.97. The Kier molecular flexibility index (Phi) is 55.4. The molecule has 18 amide bonds. The molecule has 2 rings (SSSR count). The molecule has 0 aliphatic heterocycles. The number of aliphatic hydroxyl groups excluding tert-OH is 1. The molecule has 0 bridgehead atoms. The highest BCUT2D eigenvalue weighted by Crippen LogP contribution is 2.22. The zero-order chi connectivity index (χ0) is 100. The third kappa shape index (κ3) is 45.6. The molecule has 0 saturated carbocycles. The van der Waals surface area contributed by atoms with Gasteiger partial charge in [-0.25, -0.2) is 0 Å². The van der Waals surface area contributed by atoms with E-state index in [1.165, 1.54) is 46.0 Å². The normalized spacial score (nSPS) is 15.2. The lowest BCUT2D eigenvalue weighted by Gasteiger charge is -2.30. The number of para-hydroxylation sites is 1. The zero-order valence-corrected chi connectivity index (χ0v) is 80.0. The van der Waals surface area contributed by atoms with Gasteiger partial charge in [0.2, 0.25) is 106 Å². The van der Waals surface area contributed by atoms with Gasteiger partial charge in [-0.05, 0) is 132 Å². The van der Waals surface area contributed by atoms with Crippen molar-refractivity contribution in [3.8, 4) is 0 Å². The molecule has 0 aliphatic carbocycles. The number of fused-ring (bicyclic) bond motifs is 1. The molecule has 1 unspecified atom stereocenters. The lowest BCUT2D eigenvalue weighted by Crippen LogP contribution is -2.62. The number of nitrogens with one attached hydrogen (secondary N) is 15. The second-order valence-corrected chi connectivity index (χ2v) is 35.7. The first kappa shape index (κ1) is 117. The van der Waals surface area contributed by atoms with Crippen LogP contribution in [0.3, 0.4) is 0 Å². The Morgan fingerprint density at radius 1 is 0.391 bits per heavy atom. The van der Waals surface area contributed by atoms with E-state index < -0.39 is 247 Å². The number of nitrogens with zero attached hydrogens (tertiary/aromatic N) is 1. The number of aromatic nitrogens is 1. The van der Waals surface area contributed by atoms with Gasteiger partial charge >= 0.3 is 0 Å². The fraction of sp³-hybridized carbons (Fsp3) is 0.700. The van der Waals surface area contributed by atoms with Gasteiger partial charge in [-0.15, -0.1) is 0 Å². The van der Waals surface area contributed by atoms with Crippen LogP contribution >= 0.6 is 0 Å². The number of carbonyl (C=O) groups is 18. The molecule has 0 saturated heterocycles. The van der Waals surface area contributed by atoms with Crippen LogP contribution in [-0.4, -0.2) is 233 Å². The average Bonchev–Trinajstić information content (AvgIpc) is 1.71. The molecule has 0 spiro atoms. The van der Waals surface area contributed by atoms with Crippen molar-refractivity contribution in [1.82, 2.24) is 79.4 Å². The summed E-state index contributed by atoms with van der Waals surface area (Å²) in [5.41, 5.74) is 46.5. The maximum Gasteiger partial charge on any atom is 0.245 e. The Labute approximate surface area is 780 Å². The van der Waals surface area contributed by atoms with E-state index >= 15 is 0 Å². The van der Waals surface area contributed by atoms with Crippen LogP contribution in [0.25, 0.3) is 10.9 Å². The number of amides is 18. The largest absolute Gasteiger partial charge is 0.391 e. The van der Waals surface area contributed by atoms with E-state index in [0.717, 1.165) is 25.7 Å². The van der Waals surface area contributed by atoms with E-state index in [1.807, 2.05) is 0 Å². The molecule has 17 atom stereocenters. The fourth-order valence-corrected chi connectivity index (χ4v) is 14.5. The van der Waals surface area contributed by atoms with Crippen LogP contribution in [0.2, 0.25) is 0 Å². The number of rotatable bonds is 69. The number of unbranched alkanes of at least 4 members (excludes halogenated alkanes) is 10. The van der Waals surface area contributed by atoms with Gasteiger partial charge in [0.1, 0.15) is 78.5 Å². The Hall–Kier alpha value is -11.6. The van der Waals surface area contributed by atoms with Gasteiger partial charge in [-0.3, -0.25) is 91.3 Å². The van der Waals surface area contributed by atoms with Crippen molar-refractivity contribution in [2.24, 2.45) is 80.5 Å². The molecular weight excluding hydrogens is 1720 g/mol. The minimum absolute atomic E-state index is 0.0206. The second kappa shape index (κ2) is 62.7. The first-order chi connectivity index (χ1) is 62.7. The molecule has 1 aromatic heterocycles. The van der Waals surface area contributed by atoms with Gasteiger partial charge in [0.25, 0.3) is 0 Å². The van der Waals surface area contributed by atoms with Crippen molar-refractivity contribution in [2.45, 2.75) is 354 Å². The van der Waals surface area contributed by atoms with Gasteiger partial charge in [-0.1, -0.05) is 171 Å². The van der Waals surface area contributed by atoms with E-state index in [2.05, 4.69) is 91.3 Å². The number of aromatic amines is 1. The van der Waals surface area contributed by atoms with Crippen molar-refractivity contribution in [1.29, 1.82) is 0 Å². The highest BCUT2D eigenvalue weighted by Gasteiger charge is 2.40. The summed E-state index contributed by atoms with van der Waals surface area (Å²) in [4.78, 5) is 256. The van der Waals surface area contributed by atoms with E-state index in [0.29, 0.717) is 42.1 Å². The van der Waals surface area contributed by atoms with E-state index in [4.69, 9.17) is 45.9 Å². The molecule has 750 valence electrons. The molecule has 1 heterocycles. The van der Waals surface area contributed by atoms with Gasteiger partial charge in [0, 0.05) is 49.3 Å². The van der Waals surface area contributed by atoms with E-state index in [9.17, 15) is 91.4 Å². The van der Waals surface area contributed by atoms with Gasteiger partial charge < -0.3 is 130 Å². The van der Waals surface area contributed by atoms with Crippen LogP contribution in [0.1, 0.15) is 263 Å². The van der Waals surface area contributed by atoms with Crippen molar-refractivity contribution in [3.63, 3.8) is 0 Å². The molecule has 1 aromatic carbocycles. The summed E-state index contributed by atoms with van der Waals surface area (Å²) in [6, 6.07) is -13.0. The molecule has 32 N–H and O–H groups in total. The van der Waals surface area contributed by atoms with Crippen LogP contribution in [0.15, 0.2) is 35.5 Å². The maximum absolute atomic E-state index is 14.7. The number of H-pyrrole nitrogens is 1. The molecule has 0 fully saturated rings. The predicted octanol–water partition coefficient (Wildman–Crippen LogP) is -1.53. The zero-order valence-electron chi connectivity index (χ0n) is 80.0. The Balaban J connectivity index is 2.48. The summed E-state index contributed by atoms with van der Waals surface area (Å²) in [6.45, 7) is 20.9. The van der Waals surface area contributed by atoms with Crippen LogP contribution < -0.4 is 120 Å². The topological polar surface area (TPSA) is 732 Å². The fourth-order valence-electron chi connectivity index (χ4n) is 14.5. The predicted molar refractivity (Wildman–Crippen MR) is 502 cm³/mol. The number of hydrogen-bond acceptors (Lipinski definition) is 22. The smallest absolute Gasteiger partial charge is 0.245 e. The summed E-state index contributed by atoms with van der Waals surface area (Å²) in [7, 11) is 0. The minimum atomic E-state index is -1.77. The van der Waals surface area contributed by atoms with Crippen molar-refractivity contribution >= 4 is 123 Å². The molecule has 133 heavy (non-hydrogen) atoms. The number of carbonyl (C=O) groups excluding carboxylic acids is 18. The second-order valence-electron chi connectivity index (χ2n) is 35.7. The van der Waals surface area contributed by atoms with E-state index in [-0.39, 0.29) is 95.1 Å². The van der Waals surface area contributed by atoms with Crippen molar-refractivity contribution in [2.75, 3.05) is 19.6 Å². The Morgan fingerprint density at radius 2 is 0.782 bits per heavy atom. The Morgan fingerprint density at radius 3 is 1.26 bits per heavy atom. The van der Waals surface area contributed by atoms with Crippen LogP contribution in [-0.2, 0) is 92.7 Å². The van der Waals surface area contributed by atoms with Crippen molar-refractivity contribution < 1.29 is 91.4 Å². The molecule has 43 nitrogen and oxygen atoms in total. The van der Waals surface area contributed by atoms with Crippen LogP contribution in [0.5, 0.6) is 0 Å². The third-order valence-corrected chi connectivity index (χ3v) is 22.8. The minimum Gasteiger partial charge on any atom is -0.391 e. The number of hydrogen-bond donors (Lipinski definition) is 24. The highest BCUT2D eigenvalue weighted by molar-refractivity contribution is 6.01. The number of aliphatic imine (C=N–C) groups is 1. The number of aliphatic hydroxyl groups is 1. The summed E-state index contributed by atoms with van der Waals surface area (Å²) in [5, 5.41) is 48.0. The SMILES string of the molecule is CCCCCCCCCCCCC(N)C(=O)N[C@@H](CCC(N)=O)C(=O)N[C@@H](CC(C)C)C(=O)N[C@H](C(=O)N[C@H](C(=O)N[C@@H](Cc1c[nH]c2ccccc12)C(=O)NCC(=O)N[C@H](C(=O)N[C@@H](CCCCN)C(=O)N[C@@H](CCC(N)=O)C(=O)N[C@@H](CC(C)C)C(=O)N[C@@H](CCC(N)=O)C(=O)N[C@@H](C)C(=O)N[C@@H](CCCN=C(N)N)C(=O)N[C@H](C(N)=O)[C@@H](C)CC)[C@@H](C)CC)C(C)C)[C@@H](C)O. The molecule has 0 radical (unpaired) electrons. The Bertz CT molecular complexity index is 4140. The van der Waals surface area contributed by atoms with Gasteiger partial charge in [0.15, 0.2) is 5.96 Å². The van der Waals surface area contributed by atoms with Gasteiger partial charge in [-0.2, -0.15) is 0 Å². The monoisotopic (exact) mass is 1880 g/mol. The number of primary amides is 4. The first-order valence-corrected chi connectivity index (χ1v) is 46.8. The number of guanidine groups is 1. The molecular formula is C90H156N24O19. The highest BCUT2D eigenvalue weighted by atomic mass is 16.3. The summed E-state index contributed by atoms with van der Waals surface area (Å²) in [5.74, 6) is -19.0. The summed E-state index contributed by atoms with van der Waals surface area (Å²) < 4.78 is 0. The molecule has 0 aliphatic rings. The number of benzene rings is 1. The molecule has 43 heteroatoms. The van der Waals surface area contributed by atoms with Crippen LogP contribution in [0, 0.1) is 29.6 Å². The number of nitrogens with two attached hydrogens (primary N) is 8. The summed E-state index contributed by atoms with van der Waals surface area (Å²) in [6.07, 6.45) is 9.43. The maximum atomic E-state index is 14.7. The molecule has 2 aromatic rings. The third-order valence-electron chi connectivity index (χ3n) is 22.8. The first-order valence-electron chi connectivity index (χ1n) is 46.8. The van der Waals surface area contributed by atoms with Gasteiger partial charge in [0.05, 0.1) is 18.7 Å². The van der Waals surface area contributed by atoms with Crippen LogP contribution in [0.4, 0.5) is 0 Å². The van der Waals surface area contributed by atoms with E-state index in [1.54, 1.807) is 99.7 Å². The lowest BCUT2D eigenvalue weighted by molar-refractivity contribution is -0.137. The van der Waals surface area contributed by atoms with Crippen molar-refractivity contribution in [3.05, 3.63) is 36.0 Å². The quantitative estimate of drug-likeness (QED) is 0.0203.